The quantitative estimate of drug-likeness (QED) is 0.787. The predicted octanol–water partition coefficient (Wildman–Crippen LogP) is 1.73. The zero-order valence-electron chi connectivity index (χ0n) is 9.69. The fourth-order valence-electron chi connectivity index (χ4n) is 1.83. The van der Waals surface area contributed by atoms with E-state index in [9.17, 15) is 4.79 Å². The summed E-state index contributed by atoms with van der Waals surface area (Å²) in [7, 11) is 0. The van der Waals surface area contributed by atoms with Crippen molar-refractivity contribution < 1.29 is 9.53 Å². The Morgan fingerprint density at radius 2 is 2.12 bits per heavy atom. The van der Waals surface area contributed by atoms with Crippen LogP contribution in [0.15, 0.2) is 30.3 Å². The van der Waals surface area contributed by atoms with Gasteiger partial charge in [0.2, 0.25) is 0 Å². The van der Waals surface area contributed by atoms with Crippen molar-refractivity contribution in [1.82, 2.24) is 5.32 Å². The van der Waals surface area contributed by atoms with E-state index in [4.69, 9.17) is 4.74 Å². The zero-order valence-corrected chi connectivity index (χ0v) is 9.69. The highest BCUT2D eigenvalue weighted by atomic mass is 16.5. The number of carbonyl (C=O) groups excluding carboxylic acids is 1. The van der Waals surface area contributed by atoms with Crippen molar-refractivity contribution >= 4 is 5.97 Å². The SMILES string of the molecule is CC1(C)CNC1C(=O)OCc1ccccc1. The lowest BCUT2D eigenvalue weighted by atomic mass is 9.77. The minimum Gasteiger partial charge on any atom is -0.460 e. The van der Waals surface area contributed by atoms with E-state index in [1.54, 1.807) is 0 Å². The normalized spacial score (nSPS) is 22.2. The predicted molar refractivity (Wildman–Crippen MR) is 61.8 cm³/mol. The second kappa shape index (κ2) is 4.26. The van der Waals surface area contributed by atoms with Gasteiger partial charge in [0.25, 0.3) is 0 Å². The van der Waals surface area contributed by atoms with Gasteiger partial charge in [0.05, 0.1) is 0 Å². The van der Waals surface area contributed by atoms with Crippen molar-refractivity contribution in [2.24, 2.45) is 5.41 Å². The first-order valence-corrected chi connectivity index (χ1v) is 5.53. The van der Waals surface area contributed by atoms with Crippen LogP contribution >= 0.6 is 0 Å². The Morgan fingerprint density at radius 1 is 1.44 bits per heavy atom. The summed E-state index contributed by atoms with van der Waals surface area (Å²) in [5.41, 5.74) is 1.04. The molecule has 0 bridgehead atoms. The van der Waals surface area contributed by atoms with Crippen molar-refractivity contribution in [2.45, 2.75) is 26.5 Å². The molecule has 0 radical (unpaired) electrons. The highest BCUT2D eigenvalue weighted by Gasteiger charge is 2.44. The summed E-state index contributed by atoms with van der Waals surface area (Å²) >= 11 is 0. The van der Waals surface area contributed by atoms with Gasteiger partial charge in [-0.3, -0.25) is 4.79 Å². The second-order valence-corrected chi connectivity index (χ2v) is 4.90. The maximum Gasteiger partial charge on any atom is 0.324 e. The summed E-state index contributed by atoms with van der Waals surface area (Å²) in [4.78, 5) is 11.7. The highest BCUT2D eigenvalue weighted by molar-refractivity contribution is 5.78. The maximum atomic E-state index is 11.7. The molecule has 1 heterocycles. The monoisotopic (exact) mass is 219 g/mol. The molecule has 3 heteroatoms. The molecule has 1 unspecified atom stereocenters. The Labute approximate surface area is 95.8 Å². The fraction of sp³-hybridized carbons (Fsp3) is 0.462. The van der Waals surface area contributed by atoms with Crippen LogP contribution < -0.4 is 5.32 Å². The summed E-state index contributed by atoms with van der Waals surface area (Å²) < 4.78 is 5.27. The van der Waals surface area contributed by atoms with E-state index in [1.807, 2.05) is 30.3 Å². The molecule has 1 aromatic carbocycles. The van der Waals surface area contributed by atoms with Gasteiger partial charge in [-0.2, -0.15) is 0 Å². The number of benzene rings is 1. The van der Waals surface area contributed by atoms with Gasteiger partial charge >= 0.3 is 5.97 Å². The number of hydrogen-bond acceptors (Lipinski definition) is 3. The van der Waals surface area contributed by atoms with Gasteiger partial charge in [0.15, 0.2) is 0 Å². The summed E-state index contributed by atoms with van der Waals surface area (Å²) in [5.74, 6) is -0.153. The van der Waals surface area contributed by atoms with Gasteiger partial charge in [0, 0.05) is 12.0 Å². The number of ether oxygens (including phenoxy) is 1. The Morgan fingerprint density at radius 3 is 2.62 bits per heavy atom. The van der Waals surface area contributed by atoms with E-state index in [1.165, 1.54) is 0 Å². The zero-order chi connectivity index (χ0) is 11.6. The van der Waals surface area contributed by atoms with Gasteiger partial charge in [0.1, 0.15) is 12.6 Å². The van der Waals surface area contributed by atoms with Crippen LogP contribution in [0.2, 0.25) is 0 Å². The summed E-state index contributed by atoms with van der Waals surface area (Å²) in [5, 5.41) is 3.10. The molecule has 1 aliphatic rings. The average Bonchev–Trinajstić information content (AvgIpc) is 2.26. The molecule has 1 atom stereocenters. The number of carbonyl (C=O) groups is 1. The fourth-order valence-corrected chi connectivity index (χ4v) is 1.83. The molecular weight excluding hydrogens is 202 g/mol. The Kier molecular flexibility index (Phi) is 2.97. The molecule has 1 saturated heterocycles. The van der Waals surface area contributed by atoms with Crippen molar-refractivity contribution in [3.63, 3.8) is 0 Å². The number of rotatable bonds is 3. The van der Waals surface area contributed by atoms with Crippen molar-refractivity contribution in [3.05, 3.63) is 35.9 Å². The topological polar surface area (TPSA) is 38.3 Å². The van der Waals surface area contributed by atoms with E-state index < -0.39 is 0 Å². The molecule has 0 spiro atoms. The molecule has 0 aliphatic carbocycles. The first-order chi connectivity index (χ1) is 7.59. The number of nitrogens with one attached hydrogen (secondary N) is 1. The van der Waals surface area contributed by atoms with Gasteiger partial charge in [-0.1, -0.05) is 44.2 Å². The summed E-state index contributed by atoms with van der Waals surface area (Å²) in [6, 6.07) is 9.57. The maximum absolute atomic E-state index is 11.7. The lowest BCUT2D eigenvalue weighted by molar-refractivity contribution is -0.154. The molecule has 16 heavy (non-hydrogen) atoms. The minimum atomic E-state index is -0.156. The molecule has 0 saturated carbocycles. The molecule has 0 aromatic heterocycles. The van der Waals surface area contributed by atoms with Crippen LogP contribution in [0, 0.1) is 5.41 Å². The molecule has 0 amide bonds. The Bertz CT molecular complexity index is 373. The van der Waals surface area contributed by atoms with Crippen LogP contribution in [-0.2, 0) is 16.1 Å². The Balaban J connectivity index is 1.85. The van der Waals surface area contributed by atoms with E-state index >= 15 is 0 Å². The smallest absolute Gasteiger partial charge is 0.324 e. The third kappa shape index (κ3) is 2.25. The molecule has 86 valence electrons. The first kappa shape index (κ1) is 11.1. The number of hydrogen-bond donors (Lipinski definition) is 1. The van der Waals surface area contributed by atoms with Crippen molar-refractivity contribution in [3.8, 4) is 0 Å². The average molecular weight is 219 g/mol. The standard InChI is InChI=1S/C13H17NO2/c1-13(2)9-14-11(13)12(15)16-8-10-6-4-3-5-7-10/h3-7,11,14H,8-9H2,1-2H3. The molecule has 2 rings (SSSR count). The van der Waals surface area contributed by atoms with Crippen LogP contribution in [-0.4, -0.2) is 18.6 Å². The van der Waals surface area contributed by atoms with Crippen LogP contribution in [0.1, 0.15) is 19.4 Å². The van der Waals surface area contributed by atoms with Crippen LogP contribution in [0.3, 0.4) is 0 Å². The minimum absolute atomic E-state index is 0.0216. The van der Waals surface area contributed by atoms with E-state index in [0.29, 0.717) is 6.61 Å². The molecule has 3 nitrogen and oxygen atoms in total. The summed E-state index contributed by atoms with van der Waals surface area (Å²) in [6.07, 6.45) is 0. The van der Waals surface area contributed by atoms with E-state index in [2.05, 4.69) is 19.2 Å². The highest BCUT2D eigenvalue weighted by Crippen LogP contribution is 2.28. The third-order valence-corrected chi connectivity index (χ3v) is 3.00. The van der Waals surface area contributed by atoms with Crippen LogP contribution in [0.4, 0.5) is 0 Å². The lowest BCUT2D eigenvalue weighted by Crippen LogP contribution is -2.63. The van der Waals surface area contributed by atoms with Gasteiger partial charge < -0.3 is 10.1 Å². The molecule has 1 N–H and O–H groups in total. The van der Waals surface area contributed by atoms with Gasteiger partial charge in [-0.15, -0.1) is 0 Å². The van der Waals surface area contributed by atoms with Gasteiger partial charge in [-0.05, 0) is 5.56 Å². The molecular formula is C13H17NO2. The molecule has 1 aliphatic heterocycles. The summed E-state index contributed by atoms with van der Waals surface area (Å²) in [6.45, 7) is 5.36. The van der Waals surface area contributed by atoms with Crippen LogP contribution in [0.25, 0.3) is 0 Å². The molecule has 1 aromatic rings. The number of esters is 1. The van der Waals surface area contributed by atoms with Crippen LogP contribution in [0.5, 0.6) is 0 Å². The van der Waals surface area contributed by atoms with Crippen molar-refractivity contribution in [2.75, 3.05) is 6.54 Å². The first-order valence-electron chi connectivity index (χ1n) is 5.53. The van der Waals surface area contributed by atoms with Gasteiger partial charge in [-0.25, -0.2) is 0 Å². The Hall–Kier alpha value is -1.35. The molecule has 1 fully saturated rings. The lowest BCUT2D eigenvalue weighted by Gasteiger charge is -2.43. The van der Waals surface area contributed by atoms with Crippen molar-refractivity contribution in [1.29, 1.82) is 0 Å². The third-order valence-electron chi connectivity index (χ3n) is 3.00. The van der Waals surface area contributed by atoms with E-state index in [0.717, 1.165) is 12.1 Å². The van der Waals surface area contributed by atoms with E-state index in [-0.39, 0.29) is 17.4 Å². The second-order valence-electron chi connectivity index (χ2n) is 4.90. The largest absolute Gasteiger partial charge is 0.460 e.